The second-order valence-corrected chi connectivity index (χ2v) is 4.42. The number of benzene rings is 1. The van der Waals surface area contributed by atoms with Crippen LogP contribution in [0.5, 0.6) is 0 Å². The van der Waals surface area contributed by atoms with Crippen molar-refractivity contribution >= 4 is 18.0 Å². The number of amides is 1. The Morgan fingerprint density at radius 2 is 2.17 bits per heavy atom. The molecule has 3 rings (SSSR count). The highest BCUT2D eigenvalue weighted by Gasteiger charge is 2.34. The number of aryl methyl sites for hydroxylation is 1. The van der Waals surface area contributed by atoms with Gasteiger partial charge in [0.1, 0.15) is 5.92 Å². The number of hydrogen-bond acceptors (Lipinski definition) is 3. The highest BCUT2D eigenvalue weighted by molar-refractivity contribution is 6.13. The first-order valence-corrected chi connectivity index (χ1v) is 5.91. The smallest absolute Gasteiger partial charge is 0.257 e. The molecule has 1 amide bonds. The van der Waals surface area contributed by atoms with Gasteiger partial charge in [0.2, 0.25) is 0 Å². The van der Waals surface area contributed by atoms with Gasteiger partial charge in [-0.2, -0.15) is 5.10 Å². The average Bonchev–Trinajstić information content (AvgIpc) is 2.70. The molecule has 0 aromatic heterocycles. The number of aliphatic imine (C=N–C) groups is 1. The van der Waals surface area contributed by atoms with E-state index in [0.29, 0.717) is 12.4 Å². The van der Waals surface area contributed by atoms with Crippen molar-refractivity contribution in [2.45, 2.75) is 13.5 Å². The second kappa shape index (κ2) is 4.22. The lowest BCUT2D eigenvalue weighted by molar-refractivity contribution is -0.131. The summed E-state index contributed by atoms with van der Waals surface area (Å²) in [6.07, 6.45) is 5.30. The van der Waals surface area contributed by atoms with Gasteiger partial charge < -0.3 is 0 Å². The van der Waals surface area contributed by atoms with Crippen molar-refractivity contribution in [1.29, 1.82) is 0 Å². The van der Waals surface area contributed by atoms with Crippen molar-refractivity contribution < 1.29 is 4.79 Å². The second-order valence-electron chi connectivity index (χ2n) is 4.42. The molecule has 0 radical (unpaired) electrons. The summed E-state index contributed by atoms with van der Waals surface area (Å²) in [4.78, 5) is 16.3. The van der Waals surface area contributed by atoms with E-state index in [1.54, 1.807) is 12.3 Å². The van der Waals surface area contributed by atoms with Gasteiger partial charge in [-0.05, 0) is 24.1 Å². The van der Waals surface area contributed by atoms with E-state index in [-0.39, 0.29) is 11.8 Å². The van der Waals surface area contributed by atoms with E-state index in [0.717, 1.165) is 5.56 Å². The van der Waals surface area contributed by atoms with Crippen LogP contribution >= 0.6 is 0 Å². The Morgan fingerprint density at radius 3 is 2.94 bits per heavy atom. The fourth-order valence-corrected chi connectivity index (χ4v) is 2.12. The summed E-state index contributed by atoms with van der Waals surface area (Å²) in [5.41, 5.74) is 2.28. The van der Waals surface area contributed by atoms with Crippen molar-refractivity contribution in [1.82, 2.24) is 5.01 Å². The van der Waals surface area contributed by atoms with Crippen molar-refractivity contribution in [3.8, 4) is 0 Å². The van der Waals surface area contributed by atoms with E-state index in [1.807, 2.05) is 37.3 Å². The summed E-state index contributed by atoms with van der Waals surface area (Å²) < 4.78 is 0. The van der Waals surface area contributed by atoms with E-state index in [1.165, 1.54) is 10.6 Å². The van der Waals surface area contributed by atoms with Crippen LogP contribution in [0.4, 0.5) is 0 Å². The highest BCUT2D eigenvalue weighted by atomic mass is 16.2. The molecule has 0 bridgehead atoms. The number of allylic oxidation sites excluding steroid dienone is 1. The number of nitrogens with zero attached hydrogens (tertiary/aromatic N) is 3. The molecule has 18 heavy (non-hydrogen) atoms. The summed E-state index contributed by atoms with van der Waals surface area (Å²) in [6, 6.07) is 8.02. The van der Waals surface area contributed by atoms with Crippen LogP contribution in [0.15, 0.2) is 46.5 Å². The van der Waals surface area contributed by atoms with Crippen LogP contribution in [0.3, 0.4) is 0 Å². The van der Waals surface area contributed by atoms with E-state index in [2.05, 4.69) is 10.1 Å². The molecule has 1 atom stereocenters. The van der Waals surface area contributed by atoms with Gasteiger partial charge in [0, 0.05) is 6.21 Å². The fourth-order valence-electron chi connectivity index (χ4n) is 2.12. The molecule has 90 valence electrons. The minimum Gasteiger partial charge on any atom is -0.272 e. The molecule has 0 aliphatic carbocycles. The SMILES string of the molecule is Cc1ccccc1CN1N=C2N=CC=CC2C1=O. The number of fused-ring (bicyclic) bond motifs is 1. The number of amidine groups is 1. The third kappa shape index (κ3) is 1.76. The van der Waals surface area contributed by atoms with Crippen LogP contribution in [-0.4, -0.2) is 23.0 Å². The van der Waals surface area contributed by atoms with Gasteiger partial charge >= 0.3 is 0 Å². The molecule has 0 saturated carbocycles. The normalized spacial score (nSPS) is 21.2. The maximum absolute atomic E-state index is 12.1. The summed E-state index contributed by atoms with van der Waals surface area (Å²) in [5.74, 6) is 0.302. The van der Waals surface area contributed by atoms with Gasteiger partial charge in [-0.3, -0.25) is 4.79 Å². The Bertz CT molecular complexity index is 586. The van der Waals surface area contributed by atoms with Crippen LogP contribution in [0.2, 0.25) is 0 Å². The predicted molar refractivity (Wildman–Crippen MR) is 70.3 cm³/mol. The number of carbonyl (C=O) groups excluding carboxylic acids is 1. The molecular weight excluding hydrogens is 226 g/mol. The summed E-state index contributed by atoms with van der Waals surface area (Å²) >= 11 is 0. The molecule has 2 heterocycles. The molecular formula is C14H13N3O. The molecule has 0 saturated heterocycles. The maximum atomic E-state index is 12.1. The van der Waals surface area contributed by atoms with Gasteiger partial charge in [0.25, 0.3) is 5.91 Å². The quantitative estimate of drug-likeness (QED) is 0.777. The largest absolute Gasteiger partial charge is 0.272 e. The van der Waals surface area contributed by atoms with Gasteiger partial charge in [0.15, 0.2) is 5.84 Å². The lowest BCUT2D eigenvalue weighted by atomic mass is 10.1. The number of dihydropyridines is 1. The van der Waals surface area contributed by atoms with Gasteiger partial charge in [-0.25, -0.2) is 10.0 Å². The topological polar surface area (TPSA) is 45.0 Å². The van der Waals surface area contributed by atoms with Crippen LogP contribution < -0.4 is 0 Å². The van der Waals surface area contributed by atoms with Crippen LogP contribution in [0, 0.1) is 12.8 Å². The molecule has 0 fully saturated rings. The first-order valence-electron chi connectivity index (χ1n) is 5.91. The molecule has 1 aromatic rings. The molecule has 0 spiro atoms. The Balaban J connectivity index is 1.85. The predicted octanol–water partition coefficient (Wildman–Crippen LogP) is 1.91. The van der Waals surface area contributed by atoms with Crippen LogP contribution in [-0.2, 0) is 11.3 Å². The minimum atomic E-state index is -0.293. The van der Waals surface area contributed by atoms with E-state index in [9.17, 15) is 4.79 Å². The zero-order valence-corrected chi connectivity index (χ0v) is 10.1. The molecule has 4 nitrogen and oxygen atoms in total. The van der Waals surface area contributed by atoms with Crippen molar-refractivity contribution in [2.24, 2.45) is 16.0 Å². The number of hydrogen-bond donors (Lipinski definition) is 0. The zero-order chi connectivity index (χ0) is 12.5. The molecule has 1 aromatic carbocycles. The Labute approximate surface area is 105 Å². The summed E-state index contributed by atoms with van der Waals surface area (Å²) in [5, 5.41) is 5.79. The van der Waals surface area contributed by atoms with Gasteiger partial charge in [0.05, 0.1) is 6.54 Å². The first kappa shape index (κ1) is 10.9. The Kier molecular flexibility index (Phi) is 2.55. The molecule has 0 N–H and O–H groups in total. The summed E-state index contributed by atoms with van der Waals surface area (Å²) in [7, 11) is 0. The maximum Gasteiger partial charge on any atom is 0.257 e. The van der Waals surface area contributed by atoms with E-state index < -0.39 is 0 Å². The van der Waals surface area contributed by atoms with Crippen LogP contribution in [0.25, 0.3) is 0 Å². The fraction of sp³-hybridized carbons (Fsp3) is 0.214. The summed E-state index contributed by atoms with van der Waals surface area (Å²) in [6.45, 7) is 2.54. The lowest BCUT2D eigenvalue weighted by Gasteiger charge is -2.14. The van der Waals surface area contributed by atoms with Gasteiger partial charge in [-0.1, -0.05) is 30.3 Å². The number of rotatable bonds is 2. The Morgan fingerprint density at radius 1 is 1.33 bits per heavy atom. The standard InChI is InChI=1S/C14H13N3O/c1-10-5-2-3-6-11(10)9-17-14(18)12-7-4-8-15-13(12)16-17/h2-8,12H,9H2,1H3. The Hall–Kier alpha value is -2.23. The van der Waals surface area contributed by atoms with Crippen molar-refractivity contribution in [2.75, 3.05) is 0 Å². The number of carbonyl (C=O) groups is 1. The molecule has 1 unspecified atom stereocenters. The lowest BCUT2D eigenvalue weighted by Crippen LogP contribution is -2.26. The third-order valence-corrected chi connectivity index (χ3v) is 3.20. The van der Waals surface area contributed by atoms with Crippen molar-refractivity contribution in [3.63, 3.8) is 0 Å². The molecule has 2 aliphatic rings. The first-order chi connectivity index (χ1) is 8.75. The number of hydrazone groups is 1. The zero-order valence-electron chi connectivity index (χ0n) is 10.1. The third-order valence-electron chi connectivity index (χ3n) is 3.20. The van der Waals surface area contributed by atoms with E-state index in [4.69, 9.17) is 0 Å². The van der Waals surface area contributed by atoms with Gasteiger partial charge in [-0.15, -0.1) is 0 Å². The highest BCUT2D eigenvalue weighted by Crippen LogP contribution is 2.22. The van der Waals surface area contributed by atoms with Crippen LogP contribution in [0.1, 0.15) is 11.1 Å². The monoisotopic (exact) mass is 239 g/mol. The molecule has 4 heteroatoms. The minimum absolute atomic E-state index is 0.00125. The van der Waals surface area contributed by atoms with E-state index >= 15 is 0 Å². The van der Waals surface area contributed by atoms with Crippen molar-refractivity contribution in [3.05, 3.63) is 47.5 Å². The molecule has 2 aliphatic heterocycles. The average molecular weight is 239 g/mol.